The number of halogens is 2. The lowest BCUT2D eigenvalue weighted by Gasteiger charge is -2.26. The molecular weight excluding hydrogens is 337 g/mol. The van der Waals surface area contributed by atoms with Crippen molar-refractivity contribution < 1.29 is 17.7 Å². The van der Waals surface area contributed by atoms with Crippen molar-refractivity contribution in [3.63, 3.8) is 0 Å². The Morgan fingerprint density at radius 2 is 1.86 bits per heavy atom. The molecule has 1 aromatic carbocycles. The summed E-state index contributed by atoms with van der Waals surface area (Å²) in [5.41, 5.74) is 4.96. The fourth-order valence-corrected chi connectivity index (χ4v) is 3.96. The number of nitrogens with zero attached hydrogens (tertiary/aromatic N) is 1. The Morgan fingerprint density at radius 3 is 2.41 bits per heavy atom. The molecule has 0 radical (unpaired) electrons. The molecule has 22 heavy (non-hydrogen) atoms. The molecule has 3 N–H and O–H groups in total. The summed E-state index contributed by atoms with van der Waals surface area (Å²) in [5.74, 6) is -1.13. The quantitative estimate of drug-likeness (QED) is 0.631. The molecule has 0 atom stereocenters. The van der Waals surface area contributed by atoms with Crippen LogP contribution >= 0.6 is 12.4 Å². The molecule has 0 bridgehead atoms. The first kappa shape index (κ1) is 18.8. The number of hydrogen-bond acceptors (Lipinski definition) is 5. The van der Waals surface area contributed by atoms with Crippen molar-refractivity contribution in [1.29, 1.82) is 0 Å². The SMILES string of the molecule is Cl.NC1CCC(NS(=O)(=O)c2c(F)cccc2[N+](=O)[O-])CC1. The smallest absolute Gasteiger partial charge is 0.292 e. The van der Waals surface area contributed by atoms with Crippen molar-refractivity contribution in [3.05, 3.63) is 34.1 Å². The van der Waals surface area contributed by atoms with Crippen LogP contribution in [-0.4, -0.2) is 25.4 Å². The lowest BCUT2D eigenvalue weighted by Crippen LogP contribution is -2.40. The molecule has 0 amide bonds. The molecule has 7 nitrogen and oxygen atoms in total. The van der Waals surface area contributed by atoms with Crippen molar-refractivity contribution >= 4 is 28.1 Å². The molecule has 0 unspecified atom stereocenters. The molecule has 1 aliphatic rings. The van der Waals surface area contributed by atoms with Gasteiger partial charge >= 0.3 is 0 Å². The highest BCUT2D eigenvalue weighted by atomic mass is 35.5. The highest BCUT2D eigenvalue weighted by Gasteiger charge is 2.32. The molecule has 0 spiro atoms. The third-order valence-electron chi connectivity index (χ3n) is 3.51. The van der Waals surface area contributed by atoms with Gasteiger partial charge in [-0.25, -0.2) is 17.5 Å². The van der Waals surface area contributed by atoms with Crippen LogP contribution < -0.4 is 10.5 Å². The predicted molar refractivity (Wildman–Crippen MR) is 80.9 cm³/mol. The molecule has 0 aromatic heterocycles. The molecule has 2 rings (SSSR count). The van der Waals surface area contributed by atoms with Crippen molar-refractivity contribution in [2.45, 2.75) is 42.7 Å². The van der Waals surface area contributed by atoms with Gasteiger partial charge in [0.1, 0.15) is 5.82 Å². The van der Waals surface area contributed by atoms with Crippen LogP contribution in [0.3, 0.4) is 0 Å². The number of nitrogens with one attached hydrogen (secondary N) is 1. The van der Waals surface area contributed by atoms with E-state index in [1.807, 2.05) is 0 Å². The summed E-state index contributed by atoms with van der Waals surface area (Å²) < 4.78 is 40.6. The number of sulfonamides is 1. The number of rotatable bonds is 4. The van der Waals surface area contributed by atoms with E-state index < -0.39 is 31.3 Å². The second-order valence-corrected chi connectivity index (χ2v) is 6.73. The van der Waals surface area contributed by atoms with E-state index in [4.69, 9.17) is 5.73 Å². The summed E-state index contributed by atoms with van der Waals surface area (Å²) in [6, 6.07) is 2.61. The minimum absolute atomic E-state index is 0. The summed E-state index contributed by atoms with van der Waals surface area (Å²) >= 11 is 0. The minimum Gasteiger partial charge on any atom is -0.328 e. The number of nitro groups is 1. The summed E-state index contributed by atoms with van der Waals surface area (Å²) in [7, 11) is -4.29. The molecule has 1 aromatic rings. The topological polar surface area (TPSA) is 115 Å². The van der Waals surface area contributed by atoms with Gasteiger partial charge < -0.3 is 5.73 Å². The fourth-order valence-electron chi connectivity index (χ4n) is 2.42. The maximum atomic E-state index is 13.8. The number of nitrogens with two attached hydrogens (primary N) is 1. The van der Waals surface area contributed by atoms with Gasteiger partial charge in [-0.3, -0.25) is 10.1 Å². The molecule has 1 saturated carbocycles. The van der Waals surface area contributed by atoms with E-state index >= 15 is 0 Å². The predicted octanol–water partition coefficient (Wildman–Crippen LogP) is 1.70. The van der Waals surface area contributed by atoms with E-state index in [-0.39, 0.29) is 24.5 Å². The Balaban J connectivity index is 0.00000242. The van der Waals surface area contributed by atoms with Crippen LogP contribution in [0.15, 0.2) is 23.1 Å². The van der Waals surface area contributed by atoms with Crippen LogP contribution in [0, 0.1) is 15.9 Å². The highest BCUT2D eigenvalue weighted by molar-refractivity contribution is 7.89. The first-order valence-electron chi connectivity index (χ1n) is 6.52. The number of benzene rings is 1. The van der Waals surface area contributed by atoms with Crippen LogP contribution in [0.2, 0.25) is 0 Å². The lowest BCUT2D eigenvalue weighted by molar-refractivity contribution is -0.388. The van der Waals surface area contributed by atoms with E-state index in [0.717, 1.165) is 18.2 Å². The highest BCUT2D eigenvalue weighted by Crippen LogP contribution is 2.27. The molecule has 1 aliphatic carbocycles. The van der Waals surface area contributed by atoms with Gasteiger partial charge in [0, 0.05) is 18.2 Å². The van der Waals surface area contributed by atoms with Crippen molar-refractivity contribution in [2.75, 3.05) is 0 Å². The minimum atomic E-state index is -4.29. The monoisotopic (exact) mass is 353 g/mol. The van der Waals surface area contributed by atoms with Gasteiger partial charge in [0.2, 0.25) is 0 Å². The Hall–Kier alpha value is -1.29. The lowest BCUT2D eigenvalue weighted by atomic mass is 9.93. The first-order valence-corrected chi connectivity index (χ1v) is 8.00. The zero-order valence-corrected chi connectivity index (χ0v) is 13.2. The fraction of sp³-hybridized carbons (Fsp3) is 0.500. The molecule has 124 valence electrons. The third-order valence-corrected chi connectivity index (χ3v) is 5.09. The maximum absolute atomic E-state index is 13.8. The van der Waals surface area contributed by atoms with Crippen LogP contribution in [-0.2, 0) is 10.0 Å². The second kappa shape index (κ2) is 7.32. The van der Waals surface area contributed by atoms with E-state index in [2.05, 4.69) is 4.72 Å². The molecule has 1 fully saturated rings. The largest absolute Gasteiger partial charge is 0.328 e. The Kier molecular flexibility index (Phi) is 6.24. The first-order chi connectivity index (χ1) is 9.81. The average Bonchev–Trinajstić information content (AvgIpc) is 2.40. The van der Waals surface area contributed by atoms with Crippen molar-refractivity contribution in [2.24, 2.45) is 5.73 Å². The molecular formula is C12H17ClFN3O4S. The van der Waals surface area contributed by atoms with Crippen LogP contribution in [0.5, 0.6) is 0 Å². The Morgan fingerprint density at radius 1 is 1.27 bits per heavy atom. The van der Waals surface area contributed by atoms with Gasteiger partial charge in [-0.1, -0.05) is 6.07 Å². The van der Waals surface area contributed by atoms with Crippen LogP contribution in [0.1, 0.15) is 25.7 Å². The Labute approximate surface area is 133 Å². The second-order valence-electron chi connectivity index (χ2n) is 5.08. The van der Waals surface area contributed by atoms with Crippen molar-refractivity contribution in [3.8, 4) is 0 Å². The van der Waals surface area contributed by atoms with Crippen LogP contribution in [0.4, 0.5) is 10.1 Å². The van der Waals surface area contributed by atoms with E-state index in [9.17, 15) is 22.9 Å². The standard InChI is InChI=1S/C12H16FN3O4S.ClH/c13-10-2-1-3-11(16(17)18)12(10)21(19,20)15-9-6-4-8(14)5-7-9;/h1-3,8-9,15H,4-7,14H2;1H. The van der Waals surface area contributed by atoms with Gasteiger partial charge in [0.25, 0.3) is 15.7 Å². The summed E-state index contributed by atoms with van der Waals surface area (Å²) in [5, 5.41) is 10.9. The van der Waals surface area contributed by atoms with Gasteiger partial charge in [-0.15, -0.1) is 12.4 Å². The zero-order valence-electron chi connectivity index (χ0n) is 11.6. The molecule has 0 heterocycles. The molecule has 10 heteroatoms. The average molecular weight is 354 g/mol. The maximum Gasteiger partial charge on any atom is 0.292 e. The normalized spacial score (nSPS) is 21.9. The molecule has 0 aliphatic heterocycles. The van der Waals surface area contributed by atoms with Crippen LogP contribution in [0.25, 0.3) is 0 Å². The summed E-state index contributed by atoms with van der Waals surface area (Å²) in [6.45, 7) is 0. The van der Waals surface area contributed by atoms with Gasteiger partial charge in [-0.2, -0.15) is 0 Å². The third kappa shape index (κ3) is 4.13. The summed E-state index contributed by atoms with van der Waals surface area (Å²) in [6.07, 6.45) is 2.38. The number of nitro benzene ring substituents is 1. The summed E-state index contributed by atoms with van der Waals surface area (Å²) in [4.78, 5) is 9.07. The van der Waals surface area contributed by atoms with E-state index in [0.29, 0.717) is 25.7 Å². The Bertz CT molecular complexity index is 648. The van der Waals surface area contributed by atoms with Crippen molar-refractivity contribution in [1.82, 2.24) is 4.72 Å². The van der Waals surface area contributed by atoms with E-state index in [1.165, 1.54) is 0 Å². The van der Waals surface area contributed by atoms with Gasteiger partial charge in [-0.05, 0) is 31.7 Å². The zero-order chi connectivity index (χ0) is 15.6. The van der Waals surface area contributed by atoms with E-state index in [1.54, 1.807) is 0 Å². The van der Waals surface area contributed by atoms with Gasteiger partial charge in [0.15, 0.2) is 4.90 Å². The molecule has 0 saturated heterocycles. The number of hydrogen-bond donors (Lipinski definition) is 2. The van der Waals surface area contributed by atoms with Gasteiger partial charge in [0.05, 0.1) is 4.92 Å².